The molecular weight excluding hydrogens is 408 g/mol. The number of likely N-dealkylation sites (N-methyl/N-ethyl adjacent to an activating group) is 1. The van der Waals surface area contributed by atoms with Crippen LogP contribution < -0.4 is 10.9 Å². The van der Waals surface area contributed by atoms with E-state index in [-0.39, 0.29) is 18.0 Å². The Labute approximate surface area is 166 Å². The number of hydrogen-bond donors (Lipinski definition) is 1. The monoisotopic (exact) mass is 428 g/mol. The maximum absolute atomic E-state index is 12.6. The van der Waals surface area contributed by atoms with Gasteiger partial charge in [-0.05, 0) is 56.4 Å². The third-order valence-corrected chi connectivity index (χ3v) is 4.68. The zero-order valence-corrected chi connectivity index (χ0v) is 16.9. The number of hydrogen-bond acceptors (Lipinski definition) is 4. The van der Waals surface area contributed by atoms with Crippen molar-refractivity contribution in [2.75, 3.05) is 26.0 Å². The summed E-state index contributed by atoms with van der Waals surface area (Å²) < 4.78 is 2.11. The van der Waals surface area contributed by atoms with E-state index < -0.39 is 0 Å². The molecule has 2 aromatic carbocycles. The summed E-state index contributed by atoms with van der Waals surface area (Å²) in [5, 5.41) is 3.30. The summed E-state index contributed by atoms with van der Waals surface area (Å²) >= 11 is 3.35. The maximum atomic E-state index is 12.6. The molecule has 6 nitrogen and oxygen atoms in total. The van der Waals surface area contributed by atoms with Crippen LogP contribution in [0.1, 0.15) is 5.56 Å². The molecule has 27 heavy (non-hydrogen) atoms. The van der Waals surface area contributed by atoms with Crippen molar-refractivity contribution in [3.63, 3.8) is 0 Å². The Hall–Kier alpha value is -2.51. The SMILES string of the molecule is CN(C)CCc1ccc(NC(=O)Cn2cnc3ccc(Br)cc3c2=O)cc1. The lowest BCUT2D eigenvalue weighted by Crippen LogP contribution is -2.27. The fourth-order valence-corrected chi connectivity index (χ4v) is 3.07. The number of amides is 1. The Morgan fingerprint density at radius 3 is 2.63 bits per heavy atom. The number of nitrogens with one attached hydrogen (secondary N) is 1. The van der Waals surface area contributed by atoms with Crippen LogP contribution >= 0.6 is 15.9 Å². The molecule has 7 heteroatoms. The molecule has 1 aromatic heterocycles. The molecule has 0 unspecified atom stereocenters. The van der Waals surface area contributed by atoms with Crippen molar-refractivity contribution in [2.24, 2.45) is 0 Å². The Kier molecular flexibility index (Phi) is 6.03. The fraction of sp³-hybridized carbons (Fsp3) is 0.250. The van der Waals surface area contributed by atoms with E-state index in [1.54, 1.807) is 12.1 Å². The predicted octanol–water partition coefficient (Wildman–Crippen LogP) is 2.90. The van der Waals surface area contributed by atoms with E-state index in [1.807, 2.05) is 44.4 Å². The van der Waals surface area contributed by atoms with Crippen molar-refractivity contribution < 1.29 is 4.79 Å². The van der Waals surface area contributed by atoms with E-state index in [0.717, 1.165) is 17.4 Å². The predicted molar refractivity (Wildman–Crippen MR) is 111 cm³/mol. The molecule has 0 aliphatic heterocycles. The van der Waals surface area contributed by atoms with Crippen LogP contribution in [0.2, 0.25) is 0 Å². The first-order chi connectivity index (χ1) is 12.9. The molecule has 0 bridgehead atoms. The number of nitrogens with zero attached hydrogens (tertiary/aromatic N) is 3. The third kappa shape index (κ3) is 5.02. The maximum Gasteiger partial charge on any atom is 0.261 e. The molecule has 1 heterocycles. The number of benzene rings is 2. The largest absolute Gasteiger partial charge is 0.325 e. The second-order valence-corrected chi connectivity index (χ2v) is 7.55. The number of rotatable bonds is 6. The normalized spacial score (nSPS) is 11.1. The molecule has 1 amide bonds. The van der Waals surface area contributed by atoms with Crippen LogP contribution in [-0.2, 0) is 17.8 Å². The van der Waals surface area contributed by atoms with Crippen molar-refractivity contribution in [3.05, 3.63) is 69.2 Å². The van der Waals surface area contributed by atoms with Gasteiger partial charge in [-0.1, -0.05) is 28.1 Å². The molecule has 140 valence electrons. The number of carbonyl (C=O) groups is 1. The van der Waals surface area contributed by atoms with Gasteiger partial charge in [0.1, 0.15) is 6.54 Å². The number of carbonyl (C=O) groups excluding carboxylic acids is 1. The summed E-state index contributed by atoms with van der Waals surface area (Å²) in [6.07, 6.45) is 2.36. The van der Waals surface area contributed by atoms with Crippen LogP contribution in [0, 0.1) is 0 Å². The minimum atomic E-state index is -0.269. The van der Waals surface area contributed by atoms with Gasteiger partial charge in [0.15, 0.2) is 0 Å². The molecule has 0 atom stereocenters. The summed E-state index contributed by atoms with van der Waals surface area (Å²) in [5.41, 5.74) is 2.28. The summed E-state index contributed by atoms with van der Waals surface area (Å²) in [4.78, 5) is 31.3. The van der Waals surface area contributed by atoms with E-state index >= 15 is 0 Å². The lowest BCUT2D eigenvalue weighted by Gasteiger charge is -2.11. The lowest BCUT2D eigenvalue weighted by atomic mass is 10.1. The smallest absolute Gasteiger partial charge is 0.261 e. The van der Waals surface area contributed by atoms with Gasteiger partial charge in [-0.2, -0.15) is 0 Å². The number of aromatic nitrogens is 2. The molecule has 3 rings (SSSR count). The van der Waals surface area contributed by atoms with Gasteiger partial charge in [-0.15, -0.1) is 0 Å². The van der Waals surface area contributed by atoms with Gasteiger partial charge in [-0.3, -0.25) is 14.2 Å². The average molecular weight is 429 g/mol. The number of halogens is 1. The van der Waals surface area contributed by atoms with Gasteiger partial charge >= 0.3 is 0 Å². The van der Waals surface area contributed by atoms with Crippen LogP contribution in [0.3, 0.4) is 0 Å². The Morgan fingerprint density at radius 2 is 1.93 bits per heavy atom. The molecule has 0 fully saturated rings. The van der Waals surface area contributed by atoms with E-state index in [9.17, 15) is 9.59 Å². The van der Waals surface area contributed by atoms with Gasteiger partial charge in [0.05, 0.1) is 17.2 Å². The molecule has 0 saturated heterocycles. The second-order valence-electron chi connectivity index (χ2n) is 6.64. The average Bonchev–Trinajstić information content (AvgIpc) is 2.64. The Morgan fingerprint density at radius 1 is 1.19 bits per heavy atom. The van der Waals surface area contributed by atoms with Crippen molar-refractivity contribution in [3.8, 4) is 0 Å². The standard InChI is InChI=1S/C20H21BrN4O2/c1-24(2)10-9-14-3-6-16(7-4-14)23-19(26)12-25-13-22-18-8-5-15(21)11-17(18)20(25)27/h3-8,11,13H,9-10,12H2,1-2H3,(H,23,26). The molecule has 0 radical (unpaired) electrons. The zero-order chi connectivity index (χ0) is 19.4. The molecule has 0 spiro atoms. The van der Waals surface area contributed by atoms with E-state index in [0.29, 0.717) is 16.6 Å². The third-order valence-electron chi connectivity index (χ3n) is 4.19. The molecule has 3 aromatic rings. The minimum absolute atomic E-state index is 0.0866. The zero-order valence-electron chi connectivity index (χ0n) is 15.3. The lowest BCUT2D eigenvalue weighted by molar-refractivity contribution is -0.116. The highest BCUT2D eigenvalue weighted by molar-refractivity contribution is 9.10. The summed E-state index contributed by atoms with van der Waals surface area (Å²) in [6.45, 7) is 0.885. The van der Waals surface area contributed by atoms with E-state index in [2.05, 4.69) is 31.1 Å². The van der Waals surface area contributed by atoms with Crippen LogP contribution in [-0.4, -0.2) is 41.0 Å². The van der Waals surface area contributed by atoms with Gasteiger partial charge in [0.2, 0.25) is 5.91 Å². The first-order valence-electron chi connectivity index (χ1n) is 8.60. The number of fused-ring (bicyclic) bond motifs is 1. The number of anilines is 1. The Bertz CT molecular complexity index is 1010. The van der Waals surface area contributed by atoms with Crippen molar-refractivity contribution >= 4 is 38.4 Å². The molecule has 1 N–H and O–H groups in total. The minimum Gasteiger partial charge on any atom is -0.325 e. The molecule has 0 aliphatic carbocycles. The van der Waals surface area contributed by atoms with Gasteiger partial charge in [-0.25, -0.2) is 4.98 Å². The topological polar surface area (TPSA) is 67.2 Å². The van der Waals surface area contributed by atoms with Gasteiger partial charge < -0.3 is 10.2 Å². The fourth-order valence-electron chi connectivity index (χ4n) is 2.71. The van der Waals surface area contributed by atoms with Crippen LogP contribution in [0.5, 0.6) is 0 Å². The first-order valence-corrected chi connectivity index (χ1v) is 9.40. The Balaban J connectivity index is 1.68. The van der Waals surface area contributed by atoms with E-state index in [4.69, 9.17) is 0 Å². The van der Waals surface area contributed by atoms with Crippen molar-refractivity contribution in [1.29, 1.82) is 0 Å². The summed E-state index contributed by atoms with van der Waals surface area (Å²) in [6, 6.07) is 13.1. The van der Waals surface area contributed by atoms with Crippen molar-refractivity contribution in [1.82, 2.24) is 14.5 Å². The molecule has 0 aliphatic rings. The van der Waals surface area contributed by atoms with Crippen LogP contribution in [0.25, 0.3) is 10.9 Å². The second kappa shape index (κ2) is 8.45. The van der Waals surface area contributed by atoms with Crippen molar-refractivity contribution in [2.45, 2.75) is 13.0 Å². The quantitative estimate of drug-likeness (QED) is 0.655. The highest BCUT2D eigenvalue weighted by Gasteiger charge is 2.09. The van der Waals surface area contributed by atoms with Gasteiger partial charge in [0, 0.05) is 16.7 Å². The molecular formula is C20H21BrN4O2. The van der Waals surface area contributed by atoms with Crippen LogP contribution in [0.15, 0.2) is 58.1 Å². The van der Waals surface area contributed by atoms with Gasteiger partial charge in [0.25, 0.3) is 5.56 Å². The van der Waals surface area contributed by atoms with E-state index in [1.165, 1.54) is 16.5 Å². The van der Waals surface area contributed by atoms with Crippen LogP contribution in [0.4, 0.5) is 5.69 Å². The summed E-state index contributed by atoms with van der Waals surface area (Å²) in [7, 11) is 4.08. The highest BCUT2D eigenvalue weighted by atomic mass is 79.9. The summed E-state index contributed by atoms with van der Waals surface area (Å²) in [5.74, 6) is -0.269. The highest BCUT2D eigenvalue weighted by Crippen LogP contribution is 2.15. The first kappa shape index (κ1) is 19.3. The molecule has 0 saturated carbocycles.